The number of aliphatic hydroxyl groups excluding tert-OH is 1. The van der Waals surface area contributed by atoms with E-state index in [0.717, 1.165) is 29.8 Å². The SMILES string of the molecule is O=C(Nc1ccc(Oc2ccccc2)cc1)Nc1cccc2c1CC(O)CC2. The molecule has 1 aliphatic carbocycles. The maximum absolute atomic E-state index is 12.4. The Morgan fingerprint density at radius 3 is 2.43 bits per heavy atom. The van der Waals surface area contributed by atoms with E-state index in [2.05, 4.69) is 16.7 Å². The van der Waals surface area contributed by atoms with E-state index in [9.17, 15) is 9.90 Å². The molecule has 142 valence electrons. The molecule has 5 nitrogen and oxygen atoms in total. The van der Waals surface area contributed by atoms with Crippen molar-refractivity contribution in [1.29, 1.82) is 0 Å². The number of ether oxygens (including phenoxy) is 1. The van der Waals surface area contributed by atoms with Crippen molar-refractivity contribution < 1.29 is 14.6 Å². The Morgan fingerprint density at radius 1 is 0.893 bits per heavy atom. The summed E-state index contributed by atoms with van der Waals surface area (Å²) in [5, 5.41) is 15.7. The summed E-state index contributed by atoms with van der Waals surface area (Å²) in [5.74, 6) is 1.46. The predicted molar refractivity (Wildman–Crippen MR) is 110 cm³/mol. The lowest BCUT2D eigenvalue weighted by molar-refractivity contribution is 0.159. The Labute approximate surface area is 164 Å². The summed E-state index contributed by atoms with van der Waals surface area (Å²) < 4.78 is 5.75. The maximum Gasteiger partial charge on any atom is 0.323 e. The summed E-state index contributed by atoms with van der Waals surface area (Å²) in [4.78, 5) is 12.4. The van der Waals surface area contributed by atoms with Crippen molar-refractivity contribution in [2.75, 3.05) is 10.6 Å². The number of para-hydroxylation sites is 1. The van der Waals surface area contributed by atoms with E-state index < -0.39 is 0 Å². The molecule has 1 aliphatic rings. The van der Waals surface area contributed by atoms with Crippen LogP contribution in [0.3, 0.4) is 0 Å². The van der Waals surface area contributed by atoms with Crippen LogP contribution in [0, 0.1) is 0 Å². The molecule has 0 saturated heterocycles. The van der Waals surface area contributed by atoms with Gasteiger partial charge in [0.25, 0.3) is 0 Å². The Balaban J connectivity index is 1.39. The second-order valence-electron chi connectivity index (χ2n) is 6.86. The number of nitrogens with one attached hydrogen (secondary N) is 2. The third kappa shape index (κ3) is 4.32. The van der Waals surface area contributed by atoms with Gasteiger partial charge in [0.2, 0.25) is 0 Å². The molecule has 0 saturated carbocycles. The number of amides is 2. The molecule has 28 heavy (non-hydrogen) atoms. The van der Waals surface area contributed by atoms with Crippen molar-refractivity contribution in [1.82, 2.24) is 0 Å². The largest absolute Gasteiger partial charge is 0.457 e. The Hall–Kier alpha value is -3.31. The Morgan fingerprint density at radius 2 is 1.64 bits per heavy atom. The molecule has 0 fully saturated rings. The molecule has 0 aliphatic heterocycles. The molecule has 3 aromatic rings. The maximum atomic E-state index is 12.4. The average Bonchev–Trinajstić information content (AvgIpc) is 2.71. The van der Waals surface area contributed by atoms with E-state index in [1.165, 1.54) is 5.56 Å². The Kier molecular flexibility index (Phi) is 5.26. The molecule has 1 unspecified atom stereocenters. The number of rotatable bonds is 4. The molecule has 2 amide bonds. The van der Waals surface area contributed by atoms with Gasteiger partial charge in [-0.15, -0.1) is 0 Å². The quantitative estimate of drug-likeness (QED) is 0.604. The fourth-order valence-corrected chi connectivity index (χ4v) is 3.40. The first-order valence-corrected chi connectivity index (χ1v) is 9.37. The fraction of sp³-hybridized carbons (Fsp3) is 0.174. The summed E-state index contributed by atoms with van der Waals surface area (Å²) in [6, 6.07) is 22.3. The molecule has 0 heterocycles. The lowest BCUT2D eigenvalue weighted by Crippen LogP contribution is -2.24. The number of carbonyl (C=O) groups excluding carboxylic acids is 1. The Bertz CT molecular complexity index is 955. The second kappa shape index (κ2) is 8.15. The van der Waals surface area contributed by atoms with Gasteiger partial charge in [0.15, 0.2) is 0 Å². The number of carbonyl (C=O) groups is 1. The summed E-state index contributed by atoms with van der Waals surface area (Å²) in [7, 11) is 0. The molecule has 1 atom stereocenters. The number of fused-ring (bicyclic) bond motifs is 1. The summed E-state index contributed by atoms with van der Waals surface area (Å²) in [6.07, 6.45) is 1.81. The minimum atomic E-state index is -0.351. The highest BCUT2D eigenvalue weighted by Crippen LogP contribution is 2.28. The first kappa shape index (κ1) is 18.1. The van der Waals surface area contributed by atoms with Crippen molar-refractivity contribution in [3.05, 3.63) is 83.9 Å². The monoisotopic (exact) mass is 374 g/mol. The smallest absolute Gasteiger partial charge is 0.323 e. The van der Waals surface area contributed by atoms with Crippen LogP contribution in [0.25, 0.3) is 0 Å². The van der Waals surface area contributed by atoms with E-state index in [1.807, 2.05) is 54.6 Å². The zero-order chi connectivity index (χ0) is 19.3. The number of anilines is 2. The summed E-state index contributed by atoms with van der Waals surface area (Å²) in [6.45, 7) is 0. The van der Waals surface area contributed by atoms with Crippen molar-refractivity contribution in [3.8, 4) is 11.5 Å². The van der Waals surface area contributed by atoms with Crippen LogP contribution in [-0.4, -0.2) is 17.2 Å². The highest BCUT2D eigenvalue weighted by Gasteiger charge is 2.19. The van der Waals surface area contributed by atoms with Crippen molar-refractivity contribution in [2.24, 2.45) is 0 Å². The zero-order valence-corrected chi connectivity index (χ0v) is 15.4. The molecule has 3 aromatic carbocycles. The van der Waals surface area contributed by atoms with Gasteiger partial charge < -0.3 is 20.5 Å². The first-order valence-electron chi connectivity index (χ1n) is 9.37. The van der Waals surface area contributed by atoms with Crippen LogP contribution in [0.4, 0.5) is 16.2 Å². The third-order valence-corrected chi connectivity index (χ3v) is 4.80. The normalized spacial score (nSPS) is 15.4. The number of hydrogen-bond donors (Lipinski definition) is 3. The summed E-state index contributed by atoms with van der Waals surface area (Å²) >= 11 is 0. The lowest BCUT2D eigenvalue weighted by Gasteiger charge is -2.23. The van der Waals surface area contributed by atoms with Crippen molar-refractivity contribution >= 4 is 17.4 Å². The number of hydrogen-bond acceptors (Lipinski definition) is 3. The standard InChI is InChI=1S/C23H22N2O3/c26-18-12-9-16-5-4-8-22(21(16)15-18)25-23(27)24-17-10-13-20(14-11-17)28-19-6-2-1-3-7-19/h1-8,10-11,13-14,18,26H,9,12,15H2,(H2,24,25,27). The van der Waals surface area contributed by atoms with Crippen LogP contribution in [-0.2, 0) is 12.8 Å². The van der Waals surface area contributed by atoms with E-state index in [4.69, 9.17) is 4.74 Å². The van der Waals surface area contributed by atoms with Gasteiger partial charge in [0.05, 0.1) is 6.10 Å². The van der Waals surface area contributed by atoms with Gasteiger partial charge in [-0.2, -0.15) is 0 Å². The van der Waals surface area contributed by atoms with Crippen LogP contribution < -0.4 is 15.4 Å². The number of urea groups is 1. The minimum absolute atomic E-state index is 0.315. The van der Waals surface area contributed by atoms with Gasteiger partial charge >= 0.3 is 6.03 Å². The van der Waals surface area contributed by atoms with E-state index in [0.29, 0.717) is 17.9 Å². The van der Waals surface area contributed by atoms with Crippen molar-refractivity contribution in [3.63, 3.8) is 0 Å². The third-order valence-electron chi connectivity index (χ3n) is 4.80. The van der Waals surface area contributed by atoms with Crippen LogP contribution in [0.5, 0.6) is 11.5 Å². The molecule has 0 aromatic heterocycles. The molecule has 4 rings (SSSR count). The van der Waals surface area contributed by atoms with Crippen LogP contribution in [0.15, 0.2) is 72.8 Å². The van der Waals surface area contributed by atoms with Gasteiger partial charge in [-0.25, -0.2) is 4.79 Å². The molecule has 0 spiro atoms. The van der Waals surface area contributed by atoms with Gasteiger partial charge in [0, 0.05) is 17.8 Å². The highest BCUT2D eigenvalue weighted by molar-refractivity contribution is 6.00. The molecule has 5 heteroatoms. The number of benzene rings is 3. The predicted octanol–water partition coefficient (Wildman–Crippen LogP) is 4.97. The number of aliphatic hydroxyl groups is 1. The van der Waals surface area contributed by atoms with Crippen LogP contribution >= 0.6 is 0 Å². The fourth-order valence-electron chi connectivity index (χ4n) is 3.40. The van der Waals surface area contributed by atoms with Crippen LogP contribution in [0.1, 0.15) is 17.5 Å². The first-order chi connectivity index (χ1) is 13.7. The molecule has 3 N–H and O–H groups in total. The molecular formula is C23H22N2O3. The van der Waals surface area contributed by atoms with Gasteiger partial charge in [-0.3, -0.25) is 0 Å². The minimum Gasteiger partial charge on any atom is -0.457 e. The van der Waals surface area contributed by atoms with Gasteiger partial charge in [-0.1, -0.05) is 30.3 Å². The number of aryl methyl sites for hydroxylation is 1. The summed E-state index contributed by atoms with van der Waals surface area (Å²) in [5.41, 5.74) is 3.62. The zero-order valence-electron chi connectivity index (χ0n) is 15.4. The van der Waals surface area contributed by atoms with Gasteiger partial charge in [0.1, 0.15) is 11.5 Å². The second-order valence-corrected chi connectivity index (χ2v) is 6.86. The van der Waals surface area contributed by atoms with E-state index >= 15 is 0 Å². The molecule has 0 bridgehead atoms. The highest BCUT2D eigenvalue weighted by atomic mass is 16.5. The topological polar surface area (TPSA) is 70.6 Å². The molecular weight excluding hydrogens is 352 g/mol. The average molecular weight is 374 g/mol. The lowest BCUT2D eigenvalue weighted by atomic mass is 9.88. The molecule has 0 radical (unpaired) electrons. The van der Waals surface area contributed by atoms with Crippen molar-refractivity contribution in [2.45, 2.75) is 25.4 Å². The van der Waals surface area contributed by atoms with Crippen LogP contribution in [0.2, 0.25) is 0 Å². The van der Waals surface area contributed by atoms with E-state index in [1.54, 1.807) is 12.1 Å². The van der Waals surface area contributed by atoms with E-state index in [-0.39, 0.29) is 12.1 Å². The van der Waals surface area contributed by atoms with Gasteiger partial charge in [-0.05, 0) is 66.4 Å².